The molecule has 0 saturated heterocycles. The summed E-state index contributed by atoms with van der Waals surface area (Å²) in [5, 5.41) is 3.42. The Labute approximate surface area is 111 Å². The lowest BCUT2D eigenvalue weighted by Gasteiger charge is -2.21. The van der Waals surface area contributed by atoms with Crippen molar-refractivity contribution in [1.29, 1.82) is 0 Å². The van der Waals surface area contributed by atoms with Crippen molar-refractivity contribution in [1.82, 2.24) is 10.7 Å². The van der Waals surface area contributed by atoms with Crippen LogP contribution in [0.3, 0.4) is 0 Å². The lowest BCUT2D eigenvalue weighted by atomic mass is 9.87. The van der Waals surface area contributed by atoms with E-state index in [-0.39, 0.29) is 0 Å². The Balaban J connectivity index is 1.67. The third-order valence-corrected chi connectivity index (χ3v) is 4.36. The van der Waals surface area contributed by atoms with E-state index >= 15 is 0 Å². The second-order valence-corrected chi connectivity index (χ2v) is 5.79. The van der Waals surface area contributed by atoms with Crippen molar-refractivity contribution in [3.05, 3.63) is 0 Å². The van der Waals surface area contributed by atoms with Crippen LogP contribution in [0.5, 0.6) is 0 Å². The van der Waals surface area contributed by atoms with E-state index < -0.39 is 0 Å². The van der Waals surface area contributed by atoms with Crippen molar-refractivity contribution in [3.63, 3.8) is 0 Å². The molecular weight excluding hydrogens is 224 g/mol. The number of nitrogens with one attached hydrogen (secondary N) is 2. The van der Waals surface area contributed by atoms with Crippen LogP contribution in [0.1, 0.15) is 64.2 Å². The highest BCUT2D eigenvalue weighted by atomic mass is 15.3. The molecule has 2 fully saturated rings. The van der Waals surface area contributed by atoms with Gasteiger partial charge in [0, 0.05) is 12.6 Å². The zero-order chi connectivity index (χ0) is 12.6. The van der Waals surface area contributed by atoms with Gasteiger partial charge in [-0.2, -0.15) is 0 Å². The van der Waals surface area contributed by atoms with E-state index in [0.29, 0.717) is 6.04 Å². The van der Waals surface area contributed by atoms with Crippen LogP contribution in [0.4, 0.5) is 0 Å². The largest absolute Gasteiger partial charge is 0.353 e. The highest BCUT2D eigenvalue weighted by Crippen LogP contribution is 2.26. The summed E-state index contributed by atoms with van der Waals surface area (Å²) in [6.07, 6.45) is 13.4. The maximum atomic E-state index is 5.53. The Kier molecular flexibility index (Phi) is 5.78. The van der Waals surface area contributed by atoms with E-state index in [1.807, 2.05) is 0 Å². The van der Waals surface area contributed by atoms with Gasteiger partial charge in [0.2, 0.25) is 5.96 Å². The molecule has 0 radical (unpaired) electrons. The zero-order valence-corrected chi connectivity index (χ0v) is 11.5. The van der Waals surface area contributed by atoms with E-state index in [2.05, 4.69) is 15.7 Å². The number of guanidine groups is 1. The van der Waals surface area contributed by atoms with Crippen molar-refractivity contribution in [2.24, 2.45) is 16.8 Å². The van der Waals surface area contributed by atoms with Gasteiger partial charge in [-0.05, 0) is 25.2 Å². The highest BCUT2D eigenvalue weighted by Gasteiger charge is 2.16. The molecule has 0 spiro atoms. The Morgan fingerprint density at radius 2 is 1.67 bits per heavy atom. The van der Waals surface area contributed by atoms with Gasteiger partial charge < -0.3 is 5.32 Å². The van der Waals surface area contributed by atoms with Crippen molar-refractivity contribution in [2.75, 3.05) is 6.54 Å². The predicted molar refractivity (Wildman–Crippen MR) is 76.2 cm³/mol. The van der Waals surface area contributed by atoms with Crippen LogP contribution >= 0.6 is 0 Å². The van der Waals surface area contributed by atoms with Crippen LogP contribution in [0.2, 0.25) is 0 Å². The molecule has 0 unspecified atom stereocenters. The summed E-state index contributed by atoms with van der Waals surface area (Å²) < 4.78 is 0. The van der Waals surface area contributed by atoms with Gasteiger partial charge in [-0.15, -0.1) is 0 Å². The SMILES string of the molecule is NNC(=NCCC1CCCCC1)NC1CCCC1. The van der Waals surface area contributed by atoms with Gasteiger partial charge in [0.25, 0.3) is 0 Å². The average Bonchev–Trinajstić information content (AvgIpc) is 2.92. The van der Waals surface area contributed by atoms with Crippen molar-refractivity contribution < 1.29 is 0 Å². The Morgan fingerprint density at radius 3 is 2.33 bits per heavy atom. The Bertz CT molecular complexity index is 253. The Hall–Kier alpha value is -0.770. The normalized spacial score (nSPS) is 23.3. The minimum absolute atomic E-state index is 0.578. The van der Waals surface area contributed by atoms with E-state index in [4.69, 9.17) is 5.84 Å². The lowest BCUT2D eigenvalue weighted by molar-refractivity contribution is 0.343. The van der Waals surface area contributed by atoms with Gasteiger partial charge in [0.05, 0.1) is 0 Å². The molecule has 4 nitrogen and oxygen atoms in total. The van der Waals surface area contributed by atoms with Crippen molar-refractivity contribution >= 4 is 5.96 Å². The van der Waals surface area contributed by atoms with Gasteiger partial charge >= 0.3 is 0 Å². The van der Waals surface area contributed by atoms with Crippen LogP contribution < -0.4 is 16.6 Å². The van der Waals surface area contributed by atoms with E-state index in [1.54, 1.807) is 0 Å². The van der Waals surface area contributed by atoms with Crippen LogP contribution in [0, 0.1) is 5.92 Å². The van der Waals surface area contributed by atoms with Gasteiger partial charge in [0.15, 0.2) is 0 Å². The van der Waals surface area contributed by atoms with Gasteiger partial charge in [-0.3, -0.25) is 10.4 Å². The molecule has 0 aromatic rings. The first-order chi connectivity index (χ1) is 8.88. The average molecular weight is 252 g/mol. The molecule has 0 atom stereocenters. The topological polar surface area (TPSA) is 62.4 Å². The minimum Gasteiger partial charge on any atom is -0.353 e. The first-order valence-corrected chi connectivity index (χ1v) is 7.66. The lowest BCUT2D eigenvalue weighted by Crippen LogP contribution is -2.45. The molecule has 0 aromatic heterocycles. The van der Waals surface area contributed by atoms with E-state index in [0.717, 1.165) is 18.4 Å². The molecule has 4 heteroatoms. The van der Waals surface area contributed by atoms with Crippen LogP contribution in [0.15, 0.2) is 4.99 Å². The number of hydrogen-bond donors (Lipinski definition) is 3. The maximum Gasteiger partial charge on any atom is 0.205 e. The quantitative estimate of drug-likeness (QED) is 0.311. The van der Waals surface area contributed by atoms with Crippen LogP contribution in [-0.2, 0) is 0 Å². The second kappa shape index (κ2) is 7.62. The molecule has 0 amide bonds. The fraction of sp³-hybridized carbons (Fsp3) is 0.929. The van der Waals surface area contributed by atoms with Gasteiger partial charge in [0.1, 0.15) is 0 Å². The monoisotopic (exact) mass is 252 g/mol. The molecule has 104 valence electrons. The third-order valence-electron chi connectivity index (χ3n) is 4.36. The van der Waals surface area contributed by atoms with Crippen molar-refractivity contribution in [3.8, 4) is 0 Å². The zero-order valence-electron chi connectivity index (χ0n) is 11.5. The predicted octanol–water partition coefficient (Wildman–Crippen LogP) is 2.31. The van der Waals surface area contributed by atoms with Gasteiger partial charge in [-0.1, -0.05) is 44.9 Å². The number of aliphatic imine (C=N–C) groups is 1. The standard InChI is InChI=1S/C14H28N4/c15-18-14(17-13-8-4-5-9-13)16-11-10-12-6-2-1-3-7-12/h12-13H,1-11,15H2,(H2,16,17,18). The number of hydrogen-bond acceptors (Lipinski definition) is 2. The summed E-state index contributed by atoms with van der Waals surface area (Å²) in [6, 6.07) is 0.578. The Morgan fingerprint density at radius 1 is 1.00 bits per heavy atom. The second-order valence-electron chi connectivity index (χ2n) is 5.79. The molecule has 18 heavy (non-hydrogen) atoms. The summed E-state index contributed by atoms with van der Waals surface area (Å²) in [7, 11) is 0. The molecular formula is C14H28N4. The smallest absolute Gasteiger partial charge is 0.205 e. The first-order valence-electron chi connectivity index (χ1n) is 7.66. The molecule has 0 aromatic carbocycles. The van der Waals surface area contributed by atoms with Crippen LogP contribution in [-0.4, -0.2) is 18.5 Å². The molecule has 2 aliphatic rings. The molecule has 0 heterocycles. The first kappa shape index (κ1) is 13.7. The molecule has 0 bridgehead atoms. The summed E-state index contributed by atoms with van der Waals surface area (Å²) in [6.45, 7) is 0.907. The van der Waals surface area contributed by atoms with Gasteiger partial charge in [-0.25, -0.2) is 5.84 Å². The molecule has 0 aliphatic heterocycles. The highest BCUT2D eigenvalue weighted by molar-refractivity contribution is 5.79. The fourth-order valence-corrected chi connectivity index (χ4v) is 3.23. The number of nitrogens with zero attached hydrogens (tertiary/aromatic N) is 1. The van der Waals surface area contributed by atoms with E-state index in [9.17, 15) is 0 Å². The minimum atomic E-state index is 0.578. The molecule has 2 saturated carbocycles. The summed E-state index contributed by atoms with van der Waals surface area (Å²) in [5.74, 6) is 7.21. The number of nitrogens with two attached hydrogens (primary N) is 1. The van der Waals surface area contributed by atoms with Crippen LogP contribution in [0.25, 0.3) is 0 Å². The fourth-order valence-electron chi connectivity index (χ4n) is 3.23. The van der Waals surface area contributed by atoms with E-state index in [1.165, 1.54) is 64.2 Å². The summed E-state index contributed by atoms with van der Waals surface area (Å²) >= 11 is 0. The maximum absolute atomic E-state index is 5.53. The van der Waals surface area contributed by atoms with Crippen molar-refractivity contribution in [2.45, 2.75) is 70.3 Å². The third kappa shape index (κ3) is 4.48. The molecule has 2 rings (SSSR count). The summed E-state index contributed by atoms with van der Waals surface area (Å²) in [5.41, 5.74) is 2.71. The number of rotatable bonds is 4. The summed E-state index contributed by atoms with van der Waals surface area (Å²) in [4.78, 5) is 4.57. The number of hydrazine groups is 1. The molecule has 4 N–H and O–H groups in total. The molecule has 2 aliphatic carbocycles.